The fraction of sp³-hybridized carbons (Fsp3) is 0.241. The number of hydrogen-bond acceptors (Lipinski definition) is 8. The van der Waals surface area contributed by atoms with Gasteiger partial charge in [-0.3, -0.25) is 14.8 Å². The average molecular weight is 531 g/mol. The van der Waals surface area contributed by atoms with Gasteiger partial charge in [-0.05, 0) is 50.3 Å². The highest BCUT2D eigenvalue weighted by Crippen LogP contribution is 2.37. The highest BCUT2D eigenvalue weighted by atomic mass is 19.1. The topological polar surface area (TPSA) is 116 Å². The van der Waals surface area contributed by atoms with Gasteiger partial charge in [0.05, 0.1) is 19.7 Å². The number of anilines is 1. The molecule has 0 atom stereocenters. The first-order valence-electron chi connectivity index (χ1n) is 12.4. The van der Waals surface area contributed by atoms with E-state index in [9.17, 15) is 9.90 Å². The van der Waals surface area contributed by atoms with Crippen molar-refractivity contribution < 1.29 is 28.5 Å². The molecule has 0 spiro atoms. The van der Waals surface area contributed by atoms with Crippen LogP contribution in [0.3, 0.4) is 0 Å². The number of rotatable bonds is 7. The zero-order valence-corrected chi connectivity index (χ0v) is 21.7. The van der Waals surface area contributed by atoms with Gasteiger partial charge in [0.15, 0.2) is 23.1 Å². The number of pyridine rings is 3. The lowest BCUT2D eigenvalue weighted by atomic mass is 9.91. The van der Waals surface area contributed by atoms with Crippen molar-refractivity contribution in [1.29, 1.82) is 0 Å². The minimum atomic E-state index is -0.711. The Kier molecular flexibility index (Phi) is 7.27. The molecule has 1 aliphatic carbocycles. The van der Waals surface area contributed by atoms with E-state index in [1.54, 1.807) is 19.1 Å². The van der Waals surface area contributed by atoms with Gasteiger partial charge in [-0.1, -0.05) is 6.08 Å². The number of aromatic nitrogens is 3. The second-order valence-corrected chi connectivity index (χ2v) is 9.03. The molecule has 0 fully saturated rings. The summed E-state index contributed by atoms with van der Waals surface area (Å²) >= 11 is 0. The molecule has 1 aromatic carbocycles. The van der Waals surface area contributed by atoms with Crippen LogP contribution in [0.2, 0.25) is 0 Å². The molecule has 0 radical (unpaired) electrons. The number of hydrogen-bond donors (Lipinski definition) is 2. The van der Waals surface area contributed by atoms with Gasteiger partial charge in [-0.15, -0.1) is 0 Å². The number of nitrogens with one attached hydrogen (secondary N) is 1. The van der Waals surface area contributed by atoms with Crippen molar-refractivity contribution in [2.45, 2.75) is 32.6 Å². The summed E-state index contributed by atoms with van der Waals surface area (Å²) in [7, 11) is 2.95. The van der Waals surface area contributed by atoms with Crippen molar-refractivity contribution >= 4 is 28.2 Å². The summed E-state index contributed by atoms with van der Waals surface area (Å²) in [6, 6.07) is 7.23. The fourth-order valence-electron chi connectivity index (χ4n) is 4.57. The third-order valence-electron chi connectivity index (χ3n) is 6.53. The van der Waals surface area contributed by atoms with Gasteiger partial charge in [0.2, 0.25) is 0 Å². The maximum atomic E-state index is 15.1. The summed E-state index contributed by atoms with van der Waals surface area (Å²) in [6.07, 6.45) is 8.77. The molecule has 1 amide bonds. The molecule has 3 heterocycles. The van der Waals surface area contributed by atoms with Crippen molar-refractivity contribution in [3.05, 3.63) is 71.4 Å². The molecule has 0 saturated carbocycles. The van der Waals surface area contributed by atoms with Crippen LogP contribution in [0.5, 0.6) is 28.9 Å². The van der Waals surface area contributed by atoms with Crippen molar-refractivity contribution in [2.24, 2.45) is 0 Å². The minimum absolute atomic E-state index is 0.0153. The van der Waals surface area contributed by atoms with E-state index in [2.05, 4.69) is 26.3 Å². The van der Waals surface area contributed by atoms with E-state index >= 15 is 4.39 Å². The molecule has 0 aliphatic heterocycles. The van der Waals surface area contributed by atoms with Gasteiger partial charge in [0, 0.05) is 47.5 Å². The predicted octanol–water partition coefficient (Wildman–Crippen LogP) is 6.20. The summed E-state index contributed by atoms with van der Waals surface area (Å²) in [5, 5.41) is 13.6. The number of nitrogens with zero attached hydrogens (tertiary/aromatic N) is 3. The van der Waals surface area contributed by atoms with E-state index in [4.69, 9.17) is 14.2 Å². The van der Waals surface area contributed by atoms with Crippen LogP contribution in [0.25, 0.3) is 16.6 Å². The number of aryl methyl sites for hydroxylation is 1. The lowest BCUT2D eigenvalue weighted by molar-refractivity contribution is 0.102. The summed E-state index contributed by atoms with van der Waals surface area (Å²) in [5.41, 5.74) is 3.26. The first kappa shape index (κ1) is 25.9. The molecule has 5 rings (SSSR count). The van der Waals surface area contributed by atoms with Crippen LogP contribution in [-0.2, 0) is 0 Å². The molecular formula is C29H27FN4O5. The average Bonchev–Trinajstić information content (AvgIpc) is 2.94. The molecule has 0 bridgehead atoms. The van der Waals surface area contributed by atoms with Gasteiger partial charge < -0.3 is 24.6 Å². The quantitative estimate of drug-likeness (QED) is 0.290. The third-order valence-corrected chi connectivity index (χ3v) is 6.53. The van der Waals surface area contributed by atoms with Crippen molar-refractivity contribution in [2.75, 3.05) is 19.5 Å². The minimum Gasteiger partial charge on any atom is -0.506 e. The van der Waals surface area contributed by atoms with Gasteiger partial charge >= 0.3 is 0 Å². The maximum Gasteiger partial charge on any atom is 0.261 e. The van der Waals surface area contributed by atoms with Crippen LogP contribution in [-0.4, -0.2) is 40.2 Å². The van der Waals surface area contributed by atoms with E-state index in [-0.39, 0.29) is 34.4 Å². The fourth-order valence-corrected chi connectivity index (χ4v) is 4.57. The number of fused-ring (bicyclic) bond motifs is 1. The Hall–Kier alpha value is -4.73. The number of ether oxygens (including phenoxy) is 3. The summed E-state index contributed by atoms with van der Waals surface area (Å²) in [6.45, 7) is 1.80. The second kappa shape index (κ2) is 10.9. The van der Waals surface area contributed by atoms with Gasteiger partial charge in [-0.2, -0.15) is 0 Å². The SMILES string of the molecule is COc1cc2nccc(Oc3ccc(NC(=O)c4cnc(C)c(C5=CCCCC5)c4O)cc3F)c2nc1OC. The molecular weight excluding hydrogens is 503 g/mol. The van der Waals surface area contributed by atoms with Crippen molar-refractivity contribution in [3.8, 4) is 28.9 Å². The zero-order chi connectivity index (χ0) is 27.5. The largest absolute Gasteiger partial charge is 0.506 e. The van der Waals surface area contributed by atoms with Crippen LogP contribution >= 0.6 is 0 Å². The second-order valence-electron chi connectivity index (χ2n) is 9.03. The van der Waals surface area contributed by atoms with Crippen LogP contribution in [0, 0.1) is 12.7 Å². The van der Waals surface area contributed by atoms with Gasteiger partial charge in [0.1, 0.15) is 16.8 Å². The maximum absolute atomic E-state index is 15.1. The smallest absolute Gasteiger partial charge is 0.261 e. The molecule has 4 aromatic rings. The lowest BCUT2D eigenvalue weighted by Gasteiger charge is -2.18. The molecule has 39 heavy (non-hydrogen) atoms. The molecule has 9 nitrogen and oxygen atoms in total. The number of amides is 1. The Balaban J connectivity index is 1.38. The predicted molar refractivity (Wildman–Crippen MR) is 144 cm³/mol. The molecule has 0 saturated heterocycles. The molecule has 3 aromatic heterocycles. The molecule has 0 unspecified atom stereocenters. The molecule has 1 aliphatic rings. The van der Waals surface area contributed by atoms with E-state index in [1.165, 1.54) is 38.7 Å². The molecule has 2 N–H and O–H groups in total. The van der Waals surface area contributed by atoms with Gasteiger partial charge in [0.25, 0.3) is 11.8 Å². The summed E-state index contributed by atoms with van der Waals surface area (Å²) in [5.74, 6) is -0.622. The first-order chi connectivity index (χ1) is 18.9. The standard InChI is InChI=1S/C29H27FN4O5/c1-16-25(17-7-5-4-6-8-17)27(35)19(15-32-16)28(36)33-18-9-10-22(20(30)13-18)39-23-11-12-31-21-14-24(37-2)29(38-3)34-26(21)23/h7,9-15H,4-6,8H2,1-3H3,(H,32,35)(H,33,36). The number of aromatic hydroxyl groups is 1. The summed E-state index contributed by atoms with van der Waals surface area (Å²) in [4.78, 5) is 26.0. The van der Waals surface area contributed by atoms with Crippen LogP contribution in [0.15, 0.2) is 48.8 Å². The van der Waals surface area contributed by atoms with E-state index in [0.29, 0.717) is 28.0 Å². The van der Waals surface area contributed by atoms with Crippen molar-refractivity contribution in [1.82, 2.24) is 15.0 Å². The first-order valence-corrected chi connectivity index (χ1v) is 12.4. The Morgan fingerprint density at radius 1 is 1.05 bits per heavy atom. The number of benzene rings is 1. The van der Waals surface area contributed by atoms with Gasteiger partial charge in [-0.25, -0.2) is 9.37 Å². The normalized spacial score (nSPS) is 13.1. The molecule has 200 valence electrons. The van der Waals surface area contributed by atoms with Crippen LogP contribution < -0.4 is 19.5 Å². The number of carbonyl (C=O) groups excluding carboxylic acids is 1. The number of methoxy groups -OCH3 is 2. The number of halogens is 1. The van der Waals surface area contributed by atoms with E-state index in [0.717, 1.165) is 37.3 Å². The lowest BCUT2D eigenvalue weighted by Crippen LogP contribution is -2.14. The molecule has 10 heteroatoms. The Bertz CT molecular complexity index is 1600. The van der Waals surface area contributed by atoms with E-state index < -0.39 is 11.7 Å². The monoisotopic (exact) mass is 530 g/mol. The van der Waals surface area contributed by atoms with Crippen LogP contribution in [0.1, 0.15) is 47.3 Å². The van der Waals surface area contributed by atoms with E-state index in [1.807, 2.05) is 0 Å². The highest BCUT2D eigenvalue weighted by Gasteiger charge is 2.22. The highest BCUT2D eigenvalue weighted by molar-refractivity contribution is 6.07. The van der Waals surface area contributed by atoms with Crippen molar-refractivity contribution in [3.63, 3.8) is 0 Å². The summed E-state index contributed by atoms with van der Waals surface area (Å²) < 4.78 is 31.4. The zero-order valence-electron chi connectivity index (χ0n) is 21.7. The Morgan fingerprint density at radius 2 is 1.90 bits per heavy atom. The Morgan fingerprint density at radius 3 is 2.62 bits per heavy atom. The van der Waals surface area contributed by atoms with Crippen LogP contribution in [0.4, 0.5) is 10.1 Å². The third kappa shape index (κ3) is 5.18. The number of allylic oxidation sites excluding steroid dienone is 2. The Labute approximate surface area is 224 Å². The number of carbonyl (C=O) groups is 1.